The highest BCUT2D eigenvalue weighted by Gasteiger charge is 2.14. The van der Waals surface area contributed by atoms with Gasteiger partial charge in [0, 0.05) is 0 Å². The van der Waals surface area contributed by atoms with Crippen LogP contribution in [0.25, 0.3) is 0 Å². The number of rotatable bonds is 6. The van der Waals surface area contributed by atoms with E-state index in [2.05, 4.69) is 5.32 Å². The summed E-state index contributed by atoms with van der Waals surface area (Å²) in [5.74, 6) is 1.27. The lowest BCUT2D eigenvalue weighted by molar-refractivity contribution is 0.0997. The maximum Gasteiger partial charge on any atom is 0.180 e. The van der Waals surface area contributed by atoms with Gasteiger partial charge in [0.2, 0.25) is 0 Å². The lowest BCUT2D eigenvalue weighted by atomic mass is 9.97. The fourth-order valence-corrected chi connectivity index (χ4v) is 2.44. The first-order valence-corrected chi connectivity index (χ1v) is 6.97. The maximum atomic E-state index is 11.7. The molecule has 3 N–H and O–H groups in total. The molecule has 1 aliphatic heterocycles. The number of hydrogen-bond donors (Lipinski definition) is 2. The summed E-state index contributed by atoms with van der Waals surface area (Å²) in [5, 5.41) is 3.40. The predicted octanol–water partition coefficient (Wildman–Crippen LogP) is 1.60. The third-order valence-corrected chi connectivity index (χ3v) is 3.56. The van der Waals surface area contributed by atoms with E-state index in [0.29, 0.717) is 23.8 Å². The number of benzene rings is 1. The van der Waals surface area contributed by atoms with Crippen LogP contribution in [-0.2, 0) is 0 Å². The minimum Gasteiger partial charge on any atom is -0.493 e. The molecule has 4 nitrogen and oxygen atoms in total. The molecule has 0 spiro atoms. The molecule has 1 saturated heterocycles. The second-order valence-electron chi connectivity index (χ2n) is 4.97. The molecule has 1 aromatic rings. The van der Waals surface area contributed by atoms with Gasteiger partial charge < -0.3 is 15.8 Å². The van der Waals surface area contributed by atoms with E-state index in [1.165, 1.54) is 12.8 Å². The molecule has 1 aromatic carbocycles. The molecular formula is C15H22N2O2. The second-order valence-corrected chi connectivity index (χ2v) is 4.97. The van der Waals surface area contributed by atoms with E-state index < -0.39 is 0 Å². The molecule has 0 aromatic heterocycles. The summed E-state index contributed by atoms with van der Waals surface area (Å²) < 4.78 is 5.76. The molecule has 1 heterocycles. The van der Waals surface area contributed by atoms with Crippen LogP contribution < -0.4 is 15.8 Å². The van der Waals surface area contributed by atoms with Gasteiger partial charge in [0.05, 0.1) is 18.7 Å². The highest BCUT2D eigenvalue weighted by Crippen LogP contribution is 2.20. The van der Waals surface area contributed by atoms with Gasteiger partial charge in [-0.15, -0.1) is 0 Å². The highest BCUT2D eigenvalue weighted by molar-refractivity contribution is 5.99. The Kier molecular flexibility index (Phi) is 5.36. The predicted molar refractivity (Wildman–Crippen MR) is 75.5 cm³/mol. The van der Waals surface area contributed by atoms with E-state index in [1.54, 1.807) is 6.07 Å². The molecule has 1 unspecified atom stereocenters. The average Bonchev–Trinajstić information content (AvgIpc) is 2.48. The Balaban J connectivity index is 1.86. The first-order valence-electron chi connectivity index (χ1n) is 6.97. The van der Waals surface area contributed by atoms with E-state index in [-0.39, 0.29) is 12.3 Å². The maximum absolute atomic E-state index is 11.7. The number of ketones is 1. The summed E-state index contributed by atoms with van der Waals surface area (Å²) in [5.41, 5.74) is 5.99. The molecule has 104 valence electrons. The van der Waals surface area contributed by atoms with E-state index in [0.717, 1.165) is 19.5 Å². The third-order valence-electron chi connectivity index (χ3n) is 3.56. The SMILES string of the molecule is NCC(=O)c1ccccc1OCCC1CCCNC1. The Morgan fingerprint density at radius 2 is 2.26 bits per heavy atom. The fraction of sp³-hybridized carbons (Fsp3) is 0.533. The number of carbonyl (C=O) groups excluding carboxylic acids is 1. The van der Waals surface area contributed by atoms with Gasteiger partial charge >= 0.3 is 0 Å². The summed E-state index contributed by atoms with van der Waals surface area (Å²) in [4.78, 5) is 11.7. The van der Waals surface area contributed by atoms with Crippen LogP contribution in [0.15, 0.2) is 24.3 Å². The average molecular weight is 262 g/mol. The van der Waals surface area contributed by atoms with E-state index in [9.17, 15) is 4.79 Å². The first kappa shape index (κ1) is 14.0. The molecule has 0 aliphatic carbocycles. The fourth-order valence-electron chi connectivity index (χ4n) is 2.44. The zero-order valence-electron chi connectivity index (χ0n) is 11.2. The molecule has 0 radical (unpaired) electrons. The summed E-state index contributed by atoms with van der Waals surface area (Å²) in [7, 11) is 0. The van der Waals surface area contributed by atoms with E-state index in [1.807, 2.05) is 18.2 Å². The van der Waals surface area contributed by atoms with Crippen molar-refractivity contribution in [3.8, 4) is 5.75 Å². The zero-order chi connectivity index (χ0) is 13.5. The number of Topliss-reactive ketones (excluding diaryl/α,β-unsaturated/α-hetero) is 1. The lowest BCUT2D eigenvalue weighted by Crippen LogP contribution is -2.30. The van der Waals surface area contributed by atoms with Crippen molar-refractivity contribution < 1.29 is 9.53 Å². The summed E-state index contributed by atoms with van der Waals surface area (Å²) in [6.45, 7) is 2.88. The Morgan fingerprint density at radius 3 is 3.00 bits per heavy atom. The third kappa shape index (κ3) is 4.04. The van der Waals surface area contributed by atoms with Crippen molar-refractivity contribution in [1.29, 1.82) is 0 Å². The number of piperidine rings is 1. The minimum atomic E-state index is -0.0741. The van der Waals surface area contributed by atoms with Gasteiger partial charge in [-0.3, -0.25) is 4.79 Å². The van der Waals surface area contributed by atoms with Crippen molar-refractivity contribution in [3.63, 3.8) is 0 Å². The molecule has 1 aliphatic rings. The van der Waals surface area contributed by atoms with Crippen LogP contribution in [0.4, 0.5) is 0 Å². The normalized spacial score (nSPS) is 19.1. The van der Waals surface area contributed by atoms with Gasteiger partial charge in [-0.05, 0) is 50.4 Å². The Morgan fingerprint density at radius 1 is 1.42 bits per heavy atom. The number of carbonyl (C=O) groups is 1. The number of ether oxygens (including phenoxy) is 1. The summed E-state index contributed by atoms with van der Waals surface area (Å²) in [6.07, 6.45) is 3.53. The van der Waals surface area contributed by atoms with Gasteiger partial charge in [-0.1, -0.05) is 12.1 Å². The van der Waals surface area contributed by atoms with Gasteiger partial charge in [-0.25, -0.2) is 0 Å². The van der Waals surface area contributed by atoms with Crippen LogP contribution in [0, 0.1) is 5.92 Å². The van der Waals surface area contributed by atoms with Crippen molar-refractivity contribution in [3.05, 3.63) is 29.8 Å². The highest BCUT2D eigenvalue weighted by atomic mass is 16.5. The molecule has 1 fully saturated rings. The van der Waals surface area contributed by atoms with E-state index in [4.69, 9.17) is 10.5 Å². The monoisotopic (exact) mass is 262 g/mol. The standard InChI is InChI=1S/C15H22N2O2/c16-10-14(18)13-5-1-2-6-15(13)19-9-7-12-4-3-8-17-11-12/h1-2,5-6,12,17H,3-4,7-11,16H2. The van der Waals surface area contributed by atoms with Gasteiger partial charge in [-0.2, -0.15) is 0 Å². The van der Waals surface area contributed by atoms with Crippen LogP contribution in [0.2, 0.25) is 0 Å². The summed E-state index contributed by atoms with van der Waals surface area (Å²) >= 11 is 0. The Hall–Kier alpha value is -1.39. The lowest BCUT2D eigenvalue weighted by Gasteiger charge is -2.22. The van der Waals surface area contributed by atoms with Crippen LogP contribution >= 0.6 is 0 Å². The molecule has 0 saturated carbocycles. The van der Waals surface area contributed by atoms with Crippen LogP contribution in [0.1, 0.15) is 29.6 Å². The number of nitrogens with two attached hydrogens (primary N) is 1. The molecule has 1 atom stereocenters. The number of hydrogen-bond acceptors (Lipinski definition) is 4. The van der Waals surface area contributed by atoms with Crippen molar-refractivity contribution >= 4 is 5.78 Å². The smallest absolute Gasteiger partial charge is 0.180 e. The number of nitrogens with one attached hydrogen (secondary N) is 1. The Bertz CT molecular complexity index is 414. The van der Waals surface area contributed by atoms with Crippen LogP contribution in [-0.4, -0.2) is 32.0 Å². The largest absolute Gasteiger partial charge is 0.493 e. The molecule has 19 heavy (non-hydrogen) atoms. The van der Waals surface area contributed by atoms with Crippen molar-refractivity contribution in [2.45, 2.75) is 19.3 Å². The second kappa shape index (κ2) is 7.26. The molecular weight excluding hydrogens is 240 g/mol. The molecule has 4 heteroatoms. The minimum absolute atomic E-state index is 0.0208. The van der Waals surface area contributed by atoms with Crippen molar-refractivity contribution in [2.75, 3.05) is 26.2 Å². The van der Waals surface area contributed by atoms with Crippen molar-refractivity contribution in [1.82, 2.24) is 5.32 Å². The topological polar surface area (TPSA) is 64.4 Å². The van der Waals surface area contributed by atoms with Gasteiger partial charge in [0.25, 0.3) is 0 Å². The van der Waals surface area contributed by atoms with Gasteiger partial charge in [0.15, 0.2) is 5.78 Å². The van der Waals surface area contributed by atoms with E-state index >= 15 is 0 Å². The molecule has 0 amide bonds. The molecule has 2 rings (SSSR count). The van der Waals surface area contributed by atoms with Gasteiger partial charge in [0.1, 0.15) is 5.75 Å². The zero-order valence-corrected chi connectivity index (χ0v) is 11.2. The quantitative estimate of drug-likeness (QED) is 0.764. The summed E-state index contributed by atoms with van der Waals surface area (Å²) in [6, 6.07) is 7.32. The molecule has 0 bridgehead atoms. The number of para-hydroxylation sites is 1. The van der Waals surface area contributed by atoms with Crippen molar-refractivity contribution in [2.24, 2.45) is 11.7 Å². The van der Waals surface area contributed by atoms with Crippen LogP contribution in [0.3, 0.4) is 0 Å². The Labute approximate surface area is 114 Å². The first-order chi connectivity index (χ1) is 9.31. The van der Waals surface area contributed by atoms with Crippen LogP contribution in [0.5, 0.6) is 5.75 Å².